The van der Waals surface area contributed by atoms with Gasteiger partial charge in [0.05, 0.1) is 6.54 Å². The molecule has 1 aliphatic rings. The van der Waals surface area contributed by atoms with Crippen LogP contribution in [-0.2, 0) is 38.5 Å². The standard InChI is InChI=1S/C28H35N3O8/c1-27(2,3)39-26(37)30-28(14-13-19-11-8-12-22(32)20(19)15-28)24(35)31(4)16-21(23(33)34)29-25(36)38-17-18-9-6-5-7-10-18/h5-12,21,32H,13-17H2,1-4H3,(H,29,36)(H,30,37)(H,33,34)/t21-,28-/m0/s1. The number of carboxylic acids is 1. The number of fused-ring (bicyclic) bond motifs is 1. The third kappa shape index (κ3) is 7.86. The second kappa shape index (κ2) is 12.1. The Morgan fingerprint density at radius 2 is 1.74 bits per heavy atom. The number of aromatic hydroxyl groups is 1. The number of amides is 3. The smallest absolute Gasteiger partial charge is 0.408 e. The van der Waals surface area contributed by atoms with Gasteiger partial charge in [-0.1, -0.05) is 42.5 Å². The Kier molecular flexibility index (Phi) is 9.05. The Labute approximate surface area is 227 Å². The third-order valence-electron chi connectivity index (χ3n) is 6.30. The number of hydrogen-bond acceptors (Lipinski definition) is 7. The number of carboxylic acid groups (broad SMARTS) is 1. The van der Waals surface area contributed by atoms with Gasteiger partial charge in [0.25, 0.3) is 0 Å². The fourth-order valence-corrected chi connectivity index (χ4v) is 4.45. The Bertz CT molecular complexity index is 1210. The molecule has 210 valence electrons. The summed E-state index contributed by atoms with van der Waals surface area (Å²) in [7, 11) is 1.38. The molecule has 0 fully saturated rings. The molecule has 0 bridgehead atoms. The molecule has 0 spiro atoms. The first-order chi connectivity index (χ1) is 18.3. The quantitative estimate of drug-likeness (QED) is 0.398. The van der Waals surface area contributed by atoms with Crippen molar-refractivity contribution in [2.75, 3.05) is 13.6 Å². The first-order valence-electron chi connectivity index (χ1n) is 12.6. The van der Waals surface area contributed by atoms with Crippen molar-refractivity contribution in [1.82, 2.24) is 15.5 Å². The second-order valence-electron chi connectivity index (χ2n) is 10.6. The van der Waals surface area contributed by atoms with Gasteiger partial charge in [-0.05, 0) is 56.4 Å². The van der Waals surface area contributed by atoms with Gasteiger partial charge >= 0.3 is 18.2 Å². The van der Waals surface area contributed by atoms with Crippen molar-refractivity contribution in [3.63, 3.8) is 0 Å². The second-order valence-corrected chi connectivity index (χ2v) is 10.6. The van der Waals surface area contributed by atoms with Crippen LogP contribution in [0.1, 0.15) is 43.9 Å². The van der Waals surface area contributed by atoms with Gasteiger partial charge < -0.3 is 35.2 Å². The van der Waals surface area contributed by atoms with Gasteiger partial charge in [-0.25, -0.2) is 14.4 Å². The molecule has 1 aliphatic carbocycles. The van der Waals surface area contributed by atoms with E-state index in [1.807, 2.05) is 12.1 Å². The van der Waals surface area contributed by atoms with Crippen LogP contribution in [0.2, 0.25) is 0 Å². The van der Waals surface area contributed by atoms with Crippen LogP contribution in [0.4, 0.5) is 9.59 Å². The molecule has 2 atom stereocenters. The van der Waals surface area contributed by atoms with Crippen LogP contribution in [0.15, 0.2) is 48.5 Å². The number of nitrogens with zero attached hydrogens (tertiary/aromatic N) is 1. The zero-order chi connectivity index (χ0) is 28.8. The van der Waals surface area contributed by atoms with Crippen molar-refractivity contribution < 1.29 is 38.9 Å². The van der Waals surface area contributed by atoms with E-state index in [1.165, 1.54) is 13.1 Å². The van der Waals surface area contributed by atoms with Crippen LogP contribution >= 0.6 is 0 Å². The summed E-state index contributed by atoms with van der Waals surface area (Å²) in [5.41, 5.74) is -0.257. The number of benzene rings is 2. The Morgan fingerprint density at radius 1 is 1.05 bits per heavy atom. The Balaban J connectivity index is 1.77. The first-order valence-corrected chi connectivity index (χ1v) is 12.6. The van der Waals surface area contributed by atoms with E-state index in [4.69, 9.17) is 9.47 Å². The molecule has 3 rings (SSSR count). The minimum Gasteiger partial charge on any atom is -0.508 e. The average Bonchev–Trinajstić information content (AvgIpc) is 2.86. The van der Waals surface area contributed by atoms with Gasteiger partial charge in [0.15, 0.2) is 0 Å². The maximum absolute atomic E-state index is 13.8. The van der Waals surface area contributed by atoms with Crippen molar-refractivity contribution in [2.24, 2.45) is 0 Å². The molecule has 0 aromatic heterocycles. The summed E-state index contributed by atoms with van der Waals surface area (Å²) >= 11 is 0. The van der Waals surface area contributed by atoms with Gasteiger partial charge in [-0.3, -0.25) is 4.79 Å². The Morgan fingerprint density at radius 3 is 2.38 bits per heavy atom. The number of aryl methyl sites for hydroxylation is 1. The molecule has 2 aromatic carbocycles. The molecule has 11 heteroatoms. The summed E-state index contributed by atoms with van der Waals surface area (Å²) in [4.78, 5) is 52.0. The number of carbonyl (C=O) groups is 4. The lowest BCUT2D eigenvalue weighted by Crippen LogP contribution is -2.63. The highest BCUT2D eigenvalue weighted by molar-refractivity contribution is 5.91. The topological polar surface area (TPSA) is 154 Å². The number of alkyl carbamates (subject to hydrolysis) is 2. The number of phenolic OH excluding ortho intramolecular Hbond substituents is 1. The monoisotopic (exact) mass is 541 g/mol. The van der Waals surface area contributed by atoms with E-state index >= 15 is 0 Å². The van der Waals surface area contributed by atoms with Gasteiger partial charge in [0, 0.05) is 13.5 Å². The van der Waals surface area contributed by atoms with Crippen molar-refractivity contribution >= 4 is 24.1 Å². The van der Waals surface area contributed by atoms with Crippen LogP contribution in [0, 0.1) is 0 Å². The van der Waals surface area contributed by atoms with Gasteiger partial charge in [-0.2, -0.15) is 0 Å². The average molecular weight is 542 g/mol. The van der Waals surface area contributed by atoms with Crippen LogP contribution in [0.5, 0.6) is 5.75 Å². The van der Waals surface area contributed by atoms with E-state index in [2.05, 4.69) is 10.6 Å². The lowest BCUT2D eigenvalue weighted by molar-refractivity contribution is -0.142. The van der Waals surface area contributed by atoms with Crippen molar-refractivity contribution in [3.05, 3.63) is 65.2 Å². The highest BCUT2D eigenvalue weighted by atomic mass is 16.6. The number of rotatable bonds is 8. The number of carbonyl (C=O) groups excluding carboxylic acids is 3. The normalized spacial score (nSPS) is 17.2. The molecule has 0 saturated carbocycles. The fraction of sp³-hybridized carbons (Fsp3) is 0.429. The third-order valence-corrected chi connectivity index (χ3v) is 6.30. The number of phenols is 1. The predicted octanol–water partition coefficient (Wildman–Crippen LogP) is 2.98. The van der Waals surface area contributed by atoms with Crippen molar-refractivity contribution in [2.45, 2.75) is 63.8 Å². The molecular weight excluding hydrogens is 506 g/mol. The molecule has 11 nitrogen and oxygen atoms in total. The zero-order valence-corrected chi connectivity index (χ0v) is 22.5. The minimum atomic E-state index is -1.51. The molecule has 4 N–H and O–H groups in total. The van der Waals surface area contributed by atoms with Crippen LogP contribution < -0.4 is 10.6 Å². The summed E-state index contributed by atoms with van der Waals surface area (Å²) in [6.07, 6.45) is -1.23. The van der Waals surface area contributed by atoms with Gasteiger partial charge in [0.2, 0.25) is 5.91 Å². The van der Waals surface area contributed by atoms with Gasteiger partial charge in [-0.15, -0.1) is 0 Å². The molecule has 3 amide bonds. The Hall–Kier alpha value is -4.28. The molecular formula is C28H35N3O8. The molecule has 0 radical (unpaired) electrons. The minimum absolute atomic E-state index is 0.00995. The fourth-order valence-electron chi connectivity index (χ4n) is 4.45. The molecule has 0 heterocycles. The van der Waals surface area contributed by atoms with E-state index in [1.54, 1.807) is 51.1 Å². The summed E-state index contributed by atoms with van der Waals surface area (Å²) in [5, 5.41) is 25.2. The maximum Gasteiger partial charge on any atom is 0.408 e. The number of nitrogens with one attached hydrogen (secondary N) is 2. The molecule has 2 aromatic rings. The highest BCUT2D eigenvalue weighted by Gasteiger charge is 2.46. The number of aliphatic carboxylic acids is 1. The van der Waals surface area contributed by atoms with Crippen LogP contribution in [0.3, 0.4) is 0 Å². The lowest BCUT2D eigenvalue weighted by Gasteiger charge is -2.40. The maximum atomic E-state index is 13.8. The largest absolute Gasteiger partial charge is 0.508 e. The number of likely N-dealkylation sites (N-methyl/N-ethyl adjacent to an activating group) is 1. The van der Waals surface area contributed by atoms with E-state index in [0.29, 0.717) is 12.0 Å². The zero-order valence-electron chi connectivity index (χ0n) is 22.5. The van der Waals surface area contributed by atoms with Crippen molar-refractivity contribution in [3.8, 4) is 5.75 Å². The predicted molar refractivity (Wildman–Crippen MR) is 141 cm³/mol. The molecule has 0 saturated heterocycles. The van der Waals surface area contributed by atoms with Crippen molar-refractivity contribution in [1.29, 1.82) is 0 Å². The van der Waals surface area contributed by atoms with E-state index < -0.39 is 47.8 Å². The van der Waals surface area contributed by atoms with E-state index in [0.717, 1.165) is 16.0 Å². The summed E-state index contributed by atoms with van der Waals surface area (Å²) in [6, 6.07) is 12.4. The molecule has 0 aliphatic heterocycles. The molecule has 0 unspecified atom stereocenters. The lowest BCUT2D eigenvalue weighted by atomic mass is 9.76. The number of ether oxygens (including phenoxy) is 2. The summed E-state index contributed by atoms with van der Waals surface area (Å²) in [6.45, 7) is 4.61. The molecule has 39 heavy (non-hydrogen) atoms. The summed E-state index contributed by atoms with van der Waals surface area (Å²) in [5.74, 6) is -1.97. The first kappa shape index (κ1) is 29.3. The summed E-state index contributed by atoms with van der Waals surface area (Å²) < 4.78 is 10.5. The van der Waals surface area contributed by atoms with Crippen LogP contribution in [0.25, 0.3) is 0 Å². The van der Waals surface area contributed by atoms with E-state index in [9.17, 15) is 29.4 Å². The number of hydrogen-bond donors (Lipinski definition) is 4. The SMILES string of the molecule is CN(C[C@H](NC(=O)OCc1ccccc1)C(=O)O)C(=O)[C@]1(NC(=O)OC(C)(C)C)CCc2cccc(O)c2C1. The van der Waals surface area contributed by atoms with E-state index in [-0.39, 0.29) is 25.2 Å². The van der Waals surface area contributed by atoms with Gasteiger partial charge in [0.1, 0.15) is 29.5 Å². The van der Waals surface area contributed by atoms with Crippen LogP contribution in [-0.4, -0.2) is 70.0 Å². The highest BCUT2D eigenvalue weighted by Crippen LogP contribution is 2.35.